The van der Waals surface area contributed by atoms with Crippen LogP contribution in [0.1, 0.15) is 18.5 Å². The molecule has 7 heteroatoms. The summed E-state index contributed by atoms with van der Waals surface area (Å²) in [5.41, 5.74) is 0.841. The van der Waals surface area contributed by atoms with Crippen molar-refractivity contribution in [1.82, 2.24) is 9.88 Å². The summed E-state index contributed by atoms with van der Waals surface area (Å²) in [6, 6.07) is 5.10. The van der Waals surface area contributed by atoms with Gasteiger partial charge in [-0.2, -0.15) is 0 Å². The molecule has 0 saturated carbocycles. The number of hydrogen-bond acceptors (Lipinski definition) is 4. The molecule has 0 radical (unpaired) electrons. The lowest BCUT2D eigenvalue weighted by Gasteiger charge is -2.11. The summed E-state index contributed by atoms with van der Waals surface area (Å²) in [7, 11) is -3.11. The zero-order valence-electron chi connectivity index (χ0n) is 12.5. The molecule has 0 saturated heterocycles. The highest BCUT2D eigenvalue weighted by atomic mass is 32.2. The normalized spacial score (nSPS) is 19.2. The van der Waals surface area contributed by atoms with Crippen LogP contribution >= 0.6 is 0 Å². The third kappa shape index (κ3) is 4.56. The molecule has 120 valence electrons. The van der Waals surface area contributed by atoms with Crippen LogP contribution in [0.2, 0.25) is 0 Å². The van der Waals surface area contributed by atoms with Crippen molar-refractivity contribution in [1.29, 1.82) is 0 Å². The molecule has 0 unspecified atom stereocenters. The number of rotatable bonds is 6. The number of aromatic nitrogens is 1. The Morgan fingerprint density at radius 2 is 2.18 bits per heavy atom. The van der Waals surface area contributed by atoms with E-state index in [1.54, 1.807) is 16.7 Å². The van der Waals surface area contributed by atoms with Gasteiger partial charge in [-0.25, -0.2) is 8.42 Å². The molecule has 1 atom stereocenters. The first-order chi connectivity index (χ1) is 10.4. The monoisotopic (exact) mass is 324 g/mol. The number of carbonyl (C=O) groups is 1. The number of pyridine rings is 1. The molecule has 1 aliphatic rings. The third-order valence-corrected chi connectivity index (χ3v) is 5.07. The summed E-state index contributed by atoms with van der Waals surface area (Å²) in [6.45, 7) is 2.87. The van der Waals surface area contributed by atoms with Crippen molar-refractivity contribution < 1.29 is 13.2 Å². The summed E-state index contributed by atoms with van der Waals surface area (Å²) >= 11 is 0. The van der Waals surface area contributed by atoms with Crippen LogP contribution < -0.4 is 10.9 Å². The Kier molecular flexibility index (Phi) is 5.18. The highest BCUT2D eigenvalue weighted by Gasteiger charge is 2.23. The Bertz CT molecular complexity index is 734. The van der Waals surface area contributed by atoms with Crippen molar-refractivity contribution in [3.63, 3.8) is 0 Å². The number of sulfone groups is 1. The number of nitrogens with zero attached hydrogens (tertiary/aromatic N) is 1. The van der Waals surface area contributed by atoms with Crippen molar-refractivity contribution in [2.75, 3.05) is 12.3 Å². The van der Waals surface area contributed by atoms with E-state index in [0.717, 1.165) is 5.69 Å². The second-order valence-corrected chi connectivity index (χ2v) is 7.41. The summed E-state index contributed by atoms with van der Waals surface area (Å²) in [5.74, 6) is -0.383. The van der Waals surface area contributed by atoms with Gasteiger partial charge in [0.25, 0.3) is 5.56 Å². The first kappa shape index (κ1) is 16.5. The van der Waals surface area contributed by atoms with Crippen LogP contribution in [-0.2, 0) is 21.2 Å². The van der Waals surface area contributed by atoms with Gasteiger partial charge in [0.15, 0.2) is 9.84 Å². The van der Waals surface area contributed by atoms with Crippen LogP contribution in [0, 0.1) is 12.8 Å². The Labute approximate surface area is 129 Å². The van der Waals surface area contributed by atoms with E-state index < -0.39 is 9.84 Å². The van der Waals surface area contributed by atoms with Crippen LogP contribution in [0.15, 0.2) is 34.5 Å². The molecule has 1 aromatic rings. The second kappa shape index (κ2) is 6.91. The van der Waals surface area contributed by atoms with Gasteiger partial charge in [0.2, 0.25) is 5.91 Å². The number of allylic oxidation sites excluding steroid dienone is 1. The van der Waals surface area contributed by atoms with E-state index in [9.17, 15) is 18.0 Å². The summed E-state index contributed by atoms with van der Waals surface area (Å²) in [4.78, 5) is 23.4. The molecule has 1 aromatic heterocycles. The quantitative estimate of drug-likeness (QED) is 0.777. The van der Waals surface area contributed by atoms with E-state index in [4.69, 9.17) is 0 Å². The van der Waals surface area contributed by atoms with Crippen LogP contribution in [0.3, 0.4) is 0 Å². The molecule has 1 N–H and O–H groups in total. The first-order valence-electron chi connectivity index (χ1n) is 7.21. The molecule has 0 aliphatic carbocycles. The average Bonchev–Trinajstić information content (AvgIpc) is 2.76. The molecule has 22 heavy (non-hydrogen) atoms. The van der Waals surface area contributed by atoms with Crippen LogP contribution in [-0.4, -0.2) is 31.2 Å². The minimum absolute atomic E-state index is 0.0129. The van der Waals surface area contributed by atoms with E-state index in [0.29, 0.717) is 19.5 Å². The smallest absolute Gasteiger partial charge is 0.250 e. The molecular weight excluding hydrogens is 304 g/mol. The largest absolute Gasteiger partial charge is 0.356 e. The number of nitrogens with one attached hydrogen (secondary N) is 1. The Balaban J connectivity index is 1.72. The fraction of sp³-hybridized carbons (Fsp3) is 0.467. The Morgan fingerprint density at radius 3 is 2.82 bits per heavy atom. The molecule has 6 nitrogen and oxygen atoms in total. The Hall–Kier alpha value is -1.89. The molecule has 0 spiro atoms. The maximum Gasteiger partial charge on any atom is 0.250 e. The number of aryl methyl sites for hydroxylation is 1. The van der Waals surface area contributed by atoms with Crippen LogP contribution in [0.5, 0.6) is 0 Å². The zero-order valence-corrected chi connectivity index (χ0v) is 13.3. The summed E-state index contributed by atoms with van der Waals surface area (Å²) < 4.78 is 24.2. The number of amides is 1. The van der Waals surface area contributed by atoms with Gasteiger partial charge in [-0.3, -0.25) is 9.59 Å². The van der Waals surface area contributed by atoms with Gasteiger partial charge < -0.3 is 9.88 Å². The van der Waals surface area contributed by atoms with Gasteiger partial charge in [0, 0.05) is 42.6 Å². The fourth-order valence-electron chi connectivity index (χ4n) is 2.45. The predicted octanol–water partition coefficient (Wildman–Crippen LogP) is 0.611. The molecule has 0 aromatic carbocycles. The fourth-order valence-corrected chi connectivity index (χ4v) is 3.85. The number of carbonyl (C=O) groups excluding carboxylic acids is 1. The van der Waals surface area contributed by atoms with Crippen molar-refractivity contribution in [3.05, 3.63) is 45.7 Å². The SMILES string of the molecule is Cc1cccc(=O)n1CCCNC(=O)C[C@@H]1C=CS(=O)(=O)C1. The van der Waals surface area contributed by atoms with Gasteiger partial charge in [-0.15, -0.1) is 0 Å². The Morgan fingerprint density at radius 1 is 1.41 bits per heavy atom. The topological polar surface area (TPSA) is 85.2 Å². The molecule has 0 bridgehead atoms. The minimum atomic E-state index is -3.11. The van der Waals surface area contributed by atoms with Crippen molar-refractivity contribution in [2.45, 2.75) is 26.3 Å². The lowest BCUT2D eigenvalue weighted by atomic mass is 10.1. The van der Waals surface area contributed by atoms with E-state index in [2.05, 4.69) is 5.32 Å². The van der Waals surface area contributed by atoms with Crippen molar-refractivity contribution in [2.24, 2.45) is 5.92 Å². The zero-order chi connectivity index (χ0) is 16.2. The van der Waals surface area contributed by atoms with Crippen LogP contribution in [0.25, 0.3) is 0 Å². The van der Waals surface area contributed by atoms with E-state index in [-0.39, 0.29) is 29.6 Å². The molecule has 1 amide bonds. The molecule has 1 aliphatic heterocycles. The van der Waals surface area contributed by atoms with Gasteiger partial charge in [-0.05, 0) is 19.4 Å². The summed E-state index contributed by atoms with van der Waals surface area (Å²) in [6.07, 6.45) is 2.40. The third-order valence-electron chi connectivity index (χ3n) is 3.60. The maximum atomic E-state index is 11.7. The van der Waals surface area contributed by atoms with Gasteiger partial charge in [0.05, 0.1) is 5.75 Å². The van der Waals surface area contributed by atoms with Gasteiger partial charge in [0.1, 0.15) is 0 Å². The molecule has 2 rings (SSSR count). The van der Waals surface area contributed by atoms with Gasteiger partial charge >= 0.3 is 0 Å². The van der Waals surface area contributed by atoms with Crippen molar-refractivity contribution >= 4 is 15.7 Å². The highest BCUT2D eigenvalue weighted by molar-refractivity contribution is 7.94. The predicted molar refractivity (Wildman–Crippen MR) is 84.1 cm³/mol. The molecular formula is C15H20N2O4S. The summed E-state index contributed by atoms with van der Waals surface area (Å²) in [5, 5.41) is 3.94. The number of hydrogen-bond donors (Lipinski definition) is 1. The van der Waals surface area contributed by atoms with E-state index in [1.807, 2.05) is 13.0 Å². The van der Waals surface area contributed by atoms with E-state index in [1.165, 1.54) is 11.5 Å². The first-order valence-corrected chi connectivity index (χ1v) is 8.93. The lowest BCUT2D eigenvalue weighted by molar-refractivity contribution is -0.121. The molecule has 0 fully saturated rings. The molecule has 2 heterocycles. The minimum Gasteiger partial charge on any atom is -0.356 e. The van der Waals surface area contributed by atoms with Crippen molar-refractivity contribution in [3.8, 4) is 0 Å². The van der Waals surface area contributed by atoms with Crippen LogP contribution in [0.4, 0.5) is 0 Å². The lowest BCUT2D eigenvalue weighted by Crippen LogP contribution is -2.29. The standard InChI is InChI=1S/C15H20N2O4S/c1-12-4-2-5-15(19)17(12)8-3-7-16-14(18)10-13-6-9-22(20,21)11-13/h2,4-6,9,13H,3,7-8,10-11H2,1H3,(H,16,18)/t13-/m0/s1. The van der Waals surface area contributed by atoms with E-state index >= 15 is 0 Å². The average molecular weight is 324 g/mol. The van der Waals surface area contributed by atoms with Gasteiger partial charge in [-0.1, -0.05) is 12.1 Å². The second-order valence-electron chi connectivity index (χ2n) is 5.48. The highest BCUT2D eigenvalue weighted by Crippen LogP contribution is 2.17. The maximum absolute atomic E-state index is 11.7.